The Bertz CT molecular complexity index is 1730. The van der Waals surface area contributed by atoms with E-state index in [1.165, 1.54) is 6.42 Å². The smallest absolute Gasteiger partial charge is 0.252 e. The first-order valence-corrected chi connectivity index (χ1v) is 14.6. The van der Waals surface area contributed by atoms with Crippen LogP contribution < -0.4 is 10.6 Å². The third-order valence-corrected chi connectivity index (χ3v) is 8.19. The Balaban J connectivity index is 1.30. The number of nitrogens with zero attached hydrogens (tertiary/aromatic N) is 2. The molecule has 0 radical (unpaired) electrons. The van der Waals surface area contributed by atoms with Gasteiger partial charge in [0.05, 0.1) is 35.6 Å². The van der Waals surface area contributed by atoms with Crippen LogP contribution in [0.3, 0.4) is 0 Å². The number of carbonyl (C=O) groups excluding carboxylic acids is 2. The van der Waals surface area contributed by atoms with Gasteiger partial charge >= 0.3 is 0 Å². The number of aromatic nitrogens is 3. The monoisotopic (exact) mass is 585 g/mol. The minimum Gasteiger partial charge on any atom is -0.508 e. The summed E-state index contributed by atoms with van der Waals surface area (Å²) in [4.78, 5) is 34.8. The molecule has 5 aromatic rings. The molecule has 2 amide bonds. The van der Waals surface area contributed by atoms with E-state index in [1.54, 1.807) is 49.1 Å². The van der Waals surface area contributed by atoms with E-state index < -0.39 is 30.6 Å². The van der Waals surface area contributed by atoms with Crippen LogP contribution in [0.4, 0.5) is 0 Å². The third kappa shape index (κ3) is 5.99. The van der Waals surface area contributed by atoms with Gasteiger partial charge in [-0.1, -0.05) is 19.3 Å². The predicted octanol–water partition coefficient (Wildman–Crippen LogP) is 3.80. The van der Waals surface area contributed by atoms with E-state index in [2.05, 4.69) is 20.2 Å². The number of hydrogen-bond donors (Lipinski definition) is 6. The summed E-state index contributed by atoms with van der Waals surface area (Å²) in [7, 11) is 0. The van der Waals surface area contributed by atoms with Crippen molar-refractivity contribution in [3.8, 4) is 17.1 Å². The van der Waals surface area contributed by atoms with Crippen molar-refractivity contribution in [1.82, 2.24) is 25.2 Å². The molecule has 6 rings (SSSR count). The summed E-state index contributed by atoms with van der Waals surface area (Å²) in [6, 6.07) is 11.5. The highest BCUT2D eigenvalue weighted by Gasteiger charge is 2.26. The summed E-state index contributed by atoms with van der Waals surface area (Å²) in [5.41, 5.74) is 4.34. The maximum absolute atomic E-state index is 13.6. The standard InChI is InChI=1S/C32H35N5O6/c38-17-24(40)16-34-32(42)28(13-21-15-33-26-8-7-23(39)14-25(21)26)36-31(41)19-6-9-29-27(12-19)35-30(20-10-11-43-18-20)37(29)22-4-2-1-3-5-22/h6-12,14-15,18,22,24,28,33,38-40H,1-5,13,16-17H2,(H,34,42)(H,36,41). The van der Waals surface area contributed by atoms with Gasteiger partial charge in [-0.15, -0.1) is 0 Å². The summed E-state index contributed by atoms with van der Waals surface area (Å²) >= 11 is 0. The van der Waals surface area contributed by atoms with Gasteiger partial charge in [0.2, 0.25) is 5.91 Å². The molecule has 11 nitrogen and oxygen atoms in total. The van der Waals surface area contributed by atoms with Gasteiger partial charge in [-0.3, -0.25) is 9.59 Å². The number of fused-ring (bicyclic) bond motifs is 2. The summed E-state index contributed by atoms with van der Waals surface area (Å²) in [5.74, 6) is -0.0829. The number of benzene rings is 2. The lowest BCUT2D eigenvalue weighted by molar-refractivity contribution is -0.123. The van der Waals surface area contributed by atoms with Crippen LogP contribution in [-0.4, -0.2) is 67.0 Å². The second kappa shape index (κ2) is 12.3. The Morgan fingerprint density at radius 2 is 1.95 bits per heavy atom. The van der Waals surface area contributed by atoms with Gasteiger partial charge in [0, 0.05) is 41.7 Å². The molecule has 0 spiro atoms. The average Bonchev–Trinajstić information content (AvgIpc) is 3.78. The van der Waals surface area contributed by atoms with Gasteiger partial charge in [0.1, 0.15) is 23.9 Å². The molecule has 0 saturated heterocycles. The molecule has 2 unspecified atom stereocenters. The topological polar surface area (TPSA) is 166 Å². The van der Waals surface area contributed by atoms with E-state index in [-0.39, 0.29) is 18.7 Å². The highest BCUT2D eigenvalue weighted by atomic mass is 16.3. The maximum atomic E-state index is 13.6. The van der Waals surface area contributed by atoms with Gasteiger partial charge in [0.25, 0.3) is 5.91 Å². The number of H-pyrrole nitrogens is 1. The van der Waals surface area contributed by atoms with Crippen molar-refractivity contribution in [3.63, 3.8) is 0 Å². The number of aromatic hydroxyl groups is 1. The van der Waals surface area contributed by atoms with Crippen molar-refractivity contribution in [2.45, 2.75) is 56.7 Å². The molecule has 0 bridgehead atoms. The van der Waals surface area contributed by atoms with Crippen molar-refractivity contribution < 1.29 is 29.3 Å². The Kier molecular flexibility index (Phi) is 8.17. The number of hydrogen-bond acceptors (Lipinski definition) is 7. The van der Waals surface area contributed by atoms with E-state index in [1.807, 2.05) is 12.1 Å². The van der Waals surface area contributed by atoms with Gasteiger partial charge in [-0.25, -0.2) is 4.98 Å². The second-order valence-electron chi connectivity index (χ2n) is 11.2. The first-order chi connectivity index (χ1) is 20.9. The molecule has 1 saturated carbocycles. The van der Waals surface area contributed by atoms with Crippen LogP contribution in [0.5, 0.6) is 5.75 Å². The molecule has 3 heterocycles. The normalized spacial score (nSPS) is 15.5. The van der Waals surface area contributed by atoms with Crippen LogP contribution in [0.25, 0.3) is 33.3 Å². The first kappa shape index (κ1) is 28.5. The Hall–Kier alpha value is -4.61. The maximum Gasteiger partial charge on any atom is 0.252 e. The summed E-state index contributed by atoms with van der Waals surface area (Å²) in [5, 5.41) is 35.1. The van der Waals surface area contributed by atoms with Crippen molar-refractivity contribution in [3.05, 3.63) is 72.3 Å². The Morgan fingerprint density at radius 1 is 1.12 bits per heavy atom. The minimum absolute atomic E-state index is 0.0835. The number of phenolic OH excluding ortho intramolecular Hbond substituents is 1. The number of carbonyl (C=O) groups is 2. The molecule has 6 N–H and O–H groups in total. The van der Waals surface area contributed by atoms with Crippen LogP contribution in [0, 0.1) is 0 Å². The molecule has 11 heteroatoms. The fourth-order valence-corrected chi connectivity index (χ4v) is 5.96. The van der Waals surface area contributed by atoms with Gasteiger partial charge in [-0.05, 0) is 60.9 Å². The van der Waals surface area contributed by atoms with Crippen LogP contribution in [-0.2, 0) is 11.2 Å². The zero-order valence-corrected chi connectivity index (χ0v) is 23.6. The van der Waals surface area contributed by atoms with Crippen molar-refractivity contribution >= 4 is 33.8 Å². The van der Waals surface area contributed by atoms with Crippen molar-refractivity contribution in [1.29, 1.82) is 0 Å². The van der Waals surface area contributed by atoms with Gasteiger partial charge in [0.15, 0.2) is 0 Å². The number of aliphatic hydroxyl groups excluding tert-OH is 2. The first-order valence-electron chi connectivity index (χ1n) is 14.6. The van der Waals surface area contributed by atoms with E-state index in [4.69, 9.17) is 9.40 Å². The fraction of sp³-hybridized carbons (Fsp3) is 0.344. The predicted molar refractivity (Wildman–Crippen MR) is 161 cm³/mol. The number of aliphatic hydroxyl groups is 2. The molecule has 1 fully saturated rings. The number of phenols is 1. The average molecular weight is 586 g/mol. The Labute approximate surface area is 247 Å². The minimum atomic E-state index is -1.13. The van der Waals surface area contributed by atoms with Gasteiger partial charge < -0.3 is 39.9 Å². The van der Waals surface area contributed by atoms with E-state index in [9.17, 15) is 24.9 Å². The quantitative estimate of drug-likeness (QED) is 0.145. The zero-order chi connectivity index (χ0) is 29.9. The molecular formula is C32H35N5O6. The van der Waals surface area contributed by atoms with Crippen molar-refractivity contribution in [2.24, 2.45) is 0 Å². The molecule has 2 atom stereocenters. The van der Waals surface area contributed by atoms with Gasteiger partial charge in [-0.2, -0.15) is 0 Å². The molecular weight excluding hydrogens is 550 g/mol. The lowest BCUT2D eigenvalue weighted by Crippen LogP contribution is -2.49. The lowest BCUT2D eigenvalue weighted by atomic mass is 9.95. The van der Waals surface area contributed by atoms with Crippen LogP contribution >= 0.6 is 0 Å². The van der Waals surface area contributed by atoms with E-state index in [0.717, 1.165) is 59.1 Å². The third-order valence-electron chi connectivity index (χ3n) is 8.19. The lowest BCUT2D eigenvalue weighted by Gasteiger charge is -2.25. The molecule has 2 aromatic carbocycles. The highest BCUT2D eigenvalue weighted by molar-refractivity contribution is 6.00. The number of nitrogens with one attached hydrogen (secondary N) is 3. The van der Waals surface area contributed by atoms with E-state index >= 15 is 0 Å². The highest BCUT2D eigenvalue weighted by Crippen LogP contribution is 2.36. The molecule has 43 heavy (non-hydrogen) atoms. The summed E-state index contributed by atoms with van der Waals surface area (Å²) in [6.45, 7) is -0.676. The number of rotatable bonds is 10. The fourth-order valence-electron chi connectivity index (χ4n) is 5.96. The Morgan fingerprint density at radius 3 is 2.72 bits per heavy atom. The van der Waals surface area contributed by atoms with Crippen LogP contribution in [0.15, 0.2) is 65.6 Å². The number of furan rings is 1. The number of amides is 2. The molecule has 224 valence electrons. The number of imidazole rings is 1. The van der Waals surface area contributed by atoms with Crippen LogP contribution in [0.1, 0.15) is 54.1 Å². The molecule has 3 aromatic heterocycles. The SMILES string of the molecule is O=C(NC(Cc1c[nH]c2ccc(O)cc12)C(=O)NCC(O)CO)c1ccc2c(c1)nc(-c1ccoc1)n2C1CCCCC1. The van der Waals surface area contributed by atoms with Crippen molar-refractivity contribution in [2.75, 3.05) is 13.2 Å². The summed E-state index contributed by atoms with van der Waals surface area (Å²) < 4.78 is 7.61. The largest absolute Gasteiger partial charge is 0.508 e. The molecule has 1 aliphatic carbocycles. The molecule has 0 aliphatic heterocycles. The zero-order valence-electron chi connectivity index (χ0n) is 23.6. The second-order valence-corrected chi connectivity index (χ2v) is 11.2. The molecule has 1 aliphatic rings. The summed E-state index contributed by atoms with van der Waals surface area (Å²) in [6.07, 6.45) is 9.69. The van der Waals surface area contributed by atoms with E-state index in [0.29, 0.717) is 17.1 Å². The number of aromatic amines is 1. The van der Waals surface area contributed by atoms with Crippen LogP contribution in [0.2, 0.25) is 0 Å².